The Morgan fingerprint density at radius 2 is 1.87 bits per heavy atom. The predicted octanol–water partition coefficient (Wildman–Crippen LogP) is 4.11. The lowest BCUT2D eigenvalue weighted by atomic mass is 10.1. The molecule has 0 radical (unpaired) electrons. The standard InChI is InChI=1S/C23H26N2O5S/c1-3-29-20-8-6-7-18-15-21(30-22(18)20)16(2)24-23(26)17-9-11-19(12-10-17)31(27,28)25-13-4-5-14-25/h6-12,15-16H,3-5,13-14H2,1-2H3,(H,24,26). The van der Waals surface area contributed by atoms with Crippen LogP contribution in [-0.2, 0) is 10.0 Å². The van der Waals surface area contributed by atoms with E-state index in [0.29, 0.717) is 42.4 Å². The fourth-order valence-electron chi connectivity index (χ4n) is 3.75. The zero-order valence-electron chi connectivity index (χ0n) is 17.6. The largest absolute Gasteiger partial charge is 0.490 e. The number of nitrogens with one attached hydrogen (secondary N) is 1. The Kier molecular flexibility index (Phi) is 6.02. The van der Waals surface area contributed by atoms with Crippen LogP contribution >= 0.6 is 0 Å². The maximum atomic E-state index is 12.7. The maximum absolute atomic E-state index is 12.7. The van der Waals surface area contributed by atoms with Gasteiger partial charge in [-0.2, -0.15) is 4.31 Å². The van der Waals surface area contributed by atoms with Crippen LogP contribution in [0, 0.1) is 0 Å². The minimum Gasteiger partial charge on any atom is -0.490 e. The molecule has 1 aliphatic heterocycles. The van der Waals surface area contributed by atoms with Crippen molar-refractivity contribution in [1.29, 1.82) is 0 Å². The summed E-state index contributed by atoms with van der Waals surface area (Å²) in [7, 11) is -3.50. The fourth-order valence-corrected chi connectivity index (χ4v) is 5.26. The molecule has 3 aromatic rings. The van der Waals surface area contributed by atoms with Gasteiger partial charge in [-0.1, -0.05) is 12.1 Å². The Balaban J connectivity index is 1.48. The highest BCUT2D eigenvalue weighted by Gasteiger charge is 2.27. The topological polar surface area (TPSA) is 88.8 Å². The molecule has 1 atom stereocenters. The van der Waals surface area contributed by atoms with Gasteiger partial charge in [-0.05, 0) is 63.1 Å². The first-order chi connectivity index (χ1) is 14.9. The van der Waals surface area contributed by atoms with Crippen LogP contribution in [0.2, 0.25) is 0 Å². The molecular weight excluding hydrogens is 416 g/mol. The SMILES string of the molecule is CCOc1cccc2cc(C(C)NC(=O)c3ccc(S(=O)(=O)N4CCCC4)cc3)oc12. The molecule has 1 fully saturated rings. The van der Waals surface area contributed by atoms with Crippen molar-refractivity contribution in [3.05, 3.63) is 59.9 Å². The molecular formula is C23H26N2O5S. The van der Waals surface area contributed by atoms with E-state index in [0.717, 1.165) is 18.2 Å². The Morgan fingerprint density at radius 3 is 2.55 bits per heavy atom. The molecule has 2 heterocycles. The Morgan fingerprint density at radius 1 is 1.16 bits per heavy atom. The molecule has 1 aromatic heterocycles. The van der Waals surface area contributed by atoms with Crippen LogP contribution in [0.15, 0.2) is 57.8 Å². The van der Waals surface area contributed by atoms with Crippen molar-refractivity contribution in [2.24, 2.45) is 0 Å². The van der Waals surface area contributed by atoms with Crippen molar-refractivity contribution in [2.45, 2.75) is 37.6 Å². The summed E-state index contributed by atoms with van der Waals surface area (Å²) in [6.45, 7) is 5.37. The molecule has 1 saturated heterocycles. The van der Waals surface area contributed by atoms with Crippen LogP contribution in [-0.4, -0.2) is 38.3 Å². The molecule has 0 bridgehead atoms. The molecule has 1 unspecified atom stereocenters. The summed E-state index contributed by atoms with van der Waals surface area (Å²) in [5, 5.41) is 3.81. The molecule has 7 nitrogen and oxygen atoms in total. The van der Waals surface area contributed by atoms with Crippen LogP contribution in [0.25, 0.3) is 11.0 Å². The van der Waals surface area contributed by atoms with E-state index in [-0.39, 0.29) is 16.8 Å². The molecule has 164 valence electrons. The number of furan rings is 1. The first-order valence-electron chi connectivity index (χ1n) is 10.5. The van der Waals surface area contributed by atoms with Gasteiger partial charge in [0.1, 0.15) is 5.76 Å². The number of benzene rings is 2. The van der Waals surface area contributed by atoms with Gasteiger partial charge in [0.25, 0.3) is 5.91 Å². The summed E-state index contributed by atoms with van der Waals surface area (Å²) in [5.41, 5.74) is 1.04. The first kappa shape index (κ1) is 21.4. The van der Waals surface area contributed by atoms with Crippen LogP contribution in [0.4, 0.5) is 0 Å². The fraction of sp³-hybridized carbons (Fsp3) is 0.348. The van der Waals surface area contributed by atoms with Crippen molar-refractivity contribution in [2.75, 3.05) is 19.7 Å². The number of carbonyl (C=O) groups is 1. The quantitative estimate of drug-likeness (QED) is 0.595. The van der Waals surface area contributed by atoms with Crippen molar-refractivity contribution in [1.82, 2.24) is 9.62 Å². The lowest BCUT2D eigenvalue weighted by molar-refractivity contribution is 0.0935. The number of hydrogen-bond donors (Lipinski definition) is 1. The molecule has 0 saturated carbocycles. The number of fused-ring (bicyclic) bond motifs is 1. The van der Waals surface area contributed by atoms with E-state index < -0.39 is 10.0 Å². The van der Waals surface area contributed by atoms with Crippen molar-refractivity contribution >= 4 is 26.9 Å². The summed E-state index contributed by atoms with van der Waals surface area (Å²) < 4.78 is 38.3. The highest BCUT2D eigenvalue weighted by Crippen LogP contribution is 2.31. The second-order valence-corrected chi connectivity index (χ2v) is 9.52. The zero-order valence-corrected chi connectivity index (χ0v) is 18.4. The minimum atomic E-state index is -3.50. The van der Waals surface area contributed by atoms with E-state index in [1.807, 2.05) is 38.1 Å². The zero-order chi connectivity index (χ0) is 22.0. The smallest absolute Gasteiger partial charge is 0.251 e. The van der Waals surface area contributed by atoms with E-state index in [9.17, 15) is 13.2 Å². The van der Waals surface area contributed by atoms with Gasteiger partial charge in [0.2, 0.25) is 10.0 Å². The first-order valence-corrected chi connectivity index (χ1v) is 11.9. The molecule has 4 rings (SSSR count). The van der Waals surface area contributed by atoms with Crippen LogP contribution in [0.5, 0.6) is 5.75 Å². The Bertz CT molecular complexity index is 1180. The van der Waals surface area contributed by atoms with Crippen molar-refractivity contribution < 1.29 is 22.4 Å². The van der Waals surface area contributed by atoms with Gasteiger partial charge in [0.15, 0.2) is 11.3 Å². The highest BCUT2D eigenvalue weighted by atomic mass is 32.2. The van der Waals surface area contributed by atoms with Crippen LogP contribution < -0.4 is 10.1 Å². The number of nitrogens with zero attached hydrogens (tertiary/aromatic N) is 1. The van der Waals surface area contributed by atoms with E-state index in [1.165, 1.54) is 28.6 Å². The molecule has 8 heteroatoms. The lowest BCUT2D eigenvalue weighted by Crippen LogP contribution is -2.28. The number of ether oxygens (including phenoxy) is 1. The summed E-state index contributed by atoms with van der Waals surface area (Å²) in [6.07, 6.45) is 1.76. The van der Waals surface area contributed by atoms with Crippen LogP contribution in [0.1, 0.15) is 48.8 Å². The molecule has 0 aliphatic carbocycles. The third kappa shape index (κ3) is 4.31. The van der Waals surface area contributed by atoms with E-state index in [4.69, 9.17) is 9.15 Å². The summed E-state index contributed by atoms with van der Waals surface area (Å²) >= 11 is 0. The number of hydrogen-bond acceptors (Lipinski definition) is 5. The maximum Gasteiger partial charge on any atom is 0.251 e. The summed E-state index contributed by atoms with van der Waals surface area (Å²) in [6, 6.07) is 13.2. The Labute approximate surface area is 182 Å². The van der Waals surface area contributed by atoms with Gasteiger partial charge in [-0.15, -0.1) is 0 Å². The van der Waals surface area contributed by atoms with Gasteiger partial charge >= 0.3 is 0 Å². The second-order valence-electron chi connectivity index (χ2n) is 7.59. The molecule has 2 aromatic carbocycles. The van der Waals surface area contributed by atoms with Crippen molar-refractivity contribution in [3.63, 3.8) is 0 Å². The monoisotopic (exact) mass is 442 g/mol. The van der Waals surface area contributed by atoms with Gasteiger partial charge in [-0.3, -0.25) is 4.79 Å². The molecule has 1 N–H and O–H groups in total. The van der Waals surface area contributed by atoms with Gasteiger partial charge < -0.3 is 14.5 Å². The average molecular weight is 443 g/mol. The minimum absolute atomic E-state index is 0.208. The second kappa shape index (κ2) is 8.72. The third-order valence-electron chi connectivity index (χ3n) is 5.42. The number of amides is 1. The lowest BCUT2D eigenvalue weighted by Gasteiger charge is -2.16. The number of rotatable bonds is 7. The van der Waals surface area contributed by atoms with Gasteiger partial charge in [0, 0.05) is 24.0 Å². The molecule has 31 heavy (non-hydrogen) atoms. The molecule has 0 spiro atoms. The number of carbonyl (C=O) groups excluding carboxylic acids is 1. The van der Waals surface area contributed by atoms with E-state index >= 15 is 0 Å². The normalized spacial score (nSPS) is 15.8. The van der Waals surface area contributed by atoms with Gasteiger partial charge in [0.05, 0.1) is 17.5 Å². The van der Waals surface area contributed by atoms with Crippen LogP contribution in [0.3, 0.4) is 0 Å². The predicted molar refractivity (Wildman–Crippen MR) is 118 cm³/mol. The van der Waals surface area contributed by atoms with Gasteiger partial charge in [-0.25, -0.2) is 8.42 Å². The van der Waals surface area contributed by atoms with E-state index in [2.05, 4.69) is 5.32 Å². The van der Waals surface area contributed by atoms with E-state index in [1.54, 1.807) is 0 Å². The number of sulfonamides is 1. The molecule has 1 amide bonds. The summed E-state index contributed by atoms with van der Waals surface area (Å²) in [4.78, 5) is 12.9. The molecule has 1 aliphatic rings. The van der Waals surface area contributed by atoms with Crippen molar-refractivity contribution in [3.8, 4) is 5.75 Å². The Hall–Kier alpha value is -2.84. The highest BCUT2D eigenvalue weighted by molar-refractivity contribution is 7.89. The third-order valence-corrected chi connectivity index (χ3v) is 7.33. The number of para-hydroxylation sites is 1. The average Bonchev–Trinajstić information content (AvgIpc) is 3.45. The summed E-state index contributed by atoms with van der Waals surface area (Å²) in [5.74, 6) is 0.978.